The zero-order valence-corrected chi connectivity index (χ0v) is 14.5. The molecule has 0 aliphatic heterocycles. The van der Waals surface area contributed by atoms with Crippen molar-refractivity contribution < 1.29 is 9.90 Å². The summed E-state index contributed by atoms with van der Waals surface area (Å²) < 4.78 is 0. The number of nitrogens with zero attached hydrogens (tertiary/aromatic N) is 3. The van der Waals surface area contributed by atoms with Crippen LogP contribution in [0.1, 0.15) is 22.0 Å². The van der Waals surface area contributed by atoms with Gasteiger partial charge < -0.3 is 10.4 Å². The fourth-order valence-corrected chi connectivity index (χ4v) is 2.68. The number of halogens is 1. The lowest BCUT2D eigenvalue weighted by molar-refractivity contribution is 0.102. The summed E-state index contributed by atoms with van der Waals surface area (Å²) in [6.45, 7) is -0.109. The summed E-state index contributed by atoms with van der Waals surface area (Å²) in [5.41, 5.74) is 2.81. The van der Waals surface area contributed by atoms with Crippen molar-refractivity contribution in [2.45, 2.75) is 6.04 Å². The number of pyridine rings is 1. The molecule has 3 rings (SSSR count). The monoisotopic (exact) mass is 375 g/mol. The molecule has 2 aromatic heterocycles. The second kappa shape index (κ2) is 8.02. The van der Waals surface area contributed by atoms with E-state index >= 15 is 0 Å². The van der Waals surface area contributed by atoms with Crippen LogP contribution in [0.2, 0.25) is 5.02 Å². The van der Waals surface area contributed by atoms with E-state index in [0.717, 1.165) is 5.56 Å². The van der Waals surface area contributed by atoms with Gasteiger partial charge in [0.15, 0.2) is 0 Å². The average molecular weight is 376 g/mol. The van der Waals surface area contributed by atoms with E-state index < -0.39 is 0 Å². The molecule has 1 atom stereocenters. The number of carbonyl (C=O) groups is 1. The summed E-state index contributed by atoms with van der Waals surface area (Å²) in [6, 6.07) is 10.2. The van der Waals surface area contributed by atoms with Gasteiger partial charge in [0.05, 0.1) is 18.2 Å². The number of benzene rings is 1. The lowest BCUT2D eigenvalue weighted by Gasteiger charge is -2.17. The van der Waals surface area contributed by atoms with Crippen LogP contribution >= 0.6 is 22.9 Å². The van der Waals surface area contributed by atoms with Crippen molar-refractivity contribution in [3.63, 3.8) is 0 Å². The lowest BCUT2D eigenvalue weighted by atomic mass is 10.1. The highest BCUT2D eigenvalue weighted by Gasteiger charge is 2.12. The number of carbonyl (C=O) groups excluding carboxylic acids is 1. The number of anilines is 2. The van der Waals surface area contributed by atoms with E-state index in [1.165, 1.54) is 23.0 Å². The van der Waals surface area contributed by atoms with Crippen molar-refractivity contribution >= 4 is 39.8 Å². The molecule has 1 unspecified atom stereocenters. The van der Waals surface area contributed by atoms with Crippen LogP contribution < -0.4 is 10.6 Å². The number of aliphatic hydroxyl groups excluding tert-OH is 1. The van der Waals surface area contributed by atoms with Crippen molar-refractivity contribution in [1.29, 1.82) is 0 Å². The van der Waals surface area contributed by atoms with Gasteiger partial charge in [-0.15, -0.1) is 10.2 Å². The van der Waals surface area contributed by atoms with Gasteiger partial charge in [0.1, 0.15) is 11.3 Å². The van der Waals surface area contributed by atoms with Crippen LogP contribution in [0.15, 0.2) is 48.1 Å². The Bertz CT molecular complexity index is 825. The van der Waals surface area contributed by atoms with E-state index in [2.05, 4.69) is 25.8 Å². The molecule has 1 aromatic carbocycles. The molecular weight excluding hydrogens is 362 g/mol. The molecule has 0 aliphatic rings. The van der Waals surface area contributed by atoms with Crippen LogP contribution in [0.5, 0.6) is 0 Å². The van der Waals surface area contributed by atoms with Crippen LogP contribution in [0, 0.1) is 0 Å². The molecule has 0 saturated carbocycles. The van der Waals surface area contributed by atoms with Gasteiger partial charge in [-0.25, -0.2) is 4.98 Å². The third-order valence-corrected chi connectivity index (χ3v) is 4.24. The first kappa shape index (κ1) is 17.3. The van der Waals surface area contributed by atoms with Crippen LogP contribution in [0.25, 0.3) is 0 Å². The molecule has 3 N–H and O–H groups in total. The Morgan fingerprint density at radius 3 is 2.64 bits per heavy atom. The standard InChI is InChI=1S/C16H14ClN5O2S/c17-12-4-1-10(2-5-12)13(8-23)20-14-6-3-11(7-18-14)15(24)21-16-22-19-9-25-16/h1-7,9,13,23H,8H2,(H,18,20)(H,21,22,24). The third-order valence-electron chi connectivity index (χ3n) is 3.38. The van der Waals surface area contributed by atoms with Gasteiger partial charge >= 0.3 is 0 Å². The second-order valence-electron chi connectivity index (χ2n) is 5.06. The van der Waals surface area contributed by atoms with Gasteiger partial charge in [-0.1, -0.05) is 35.1 Å². The van der Waals surface area contributed by atoms with Gasteiger partial charge in [-0.3, -0.25) is 10.1 Å². The molecule has 7 nitrogen and oxygen atoms in total. The van der Waals surface area contributed by atoms with Crippen molar-refractivity contribution in [2.75, 3.05) is 17.2 Å². The molecule has 0 bridgehead atoms. The Morgan fingerprint density at radius 1 is 1.24 bits per heavy atom. The number of hydrogen-bond acceptors (Lipinski definition) is 7. The van der Waals surface area contributed by atoms with E-state index in [1.807, 2.05) is 12.1 Å². The van der Waals surface area contributed by atoms with Crippen molar-refractivity contribution in [3.05, 3.63) is 64.3 Å². The minimum Gasteiger partial charge on any atom is -0.394 e. The highest BCUT2D eigenvalue weighted by molar-refractivity contribution is 7.13. The Morgan fingerprint density at radius 2 is 2.04 bits per heavy atom. The van der Waals surface area contributed by atoms with Crippen LogP contribution in [-0.4, -0.2) is 32.8 Å². The molecule has 0 spiro atoms. The van der Waals surface area contributed by atoms with E-state index in [4.69, 9.17) is 11.6 Å². The predicted molar refractivity (Wildman–Crippen MR) is 97.0 cm³/mol. The normalized spacial score (nSPS) is 11.8. The number of aromatic nitrogens is 3. The predicted octanol–water partition coefficient (Wildman–Crippen LogP) is 2.98. The Balaban J connectivity index is 1.67. The first-order chi connectivity index (χ1) is 12.2. The summed E-state index contributed by atoms with van der Waals surface area (Å²) in [5, 5.41) is 23.8. The van der Waals surface area contributed by atoms with E-state index in [9.17, 15) is 9.90 Å². The molecular formula is C16H14ClN5O2S. The van der Waals surface area contributed by atoms with E-state index in [1.54, 1.807) is 24.3 Å². The van der Waals surface area contributed by atoms with Gasteiger partial charge in [0, 0.05) is 11.2 Å². The molecule has 0 saturated heterocycles. The summed E-state index contributed by atoms with van der Waals surface area (Å²) >= 11 is 7.11. The van der Waals surface area contributed by atoms with Gasteiger partial charge in [-0.2, -0.15) is 0 Å². The summed E-state index contributed by atoms with van der Waals surface area (Å²) in [6.07, 6.45) is 1.45. The maximum Gasteiger partial charge on any atom is 0.259 e. The average Bonchev–Trinajstić information content (AvgIpc) is 3.14. The van der Waals surface area contributed by atoms with E-state index in [-0.39, 0.29) is 18.6 Å². The Kier molecular flexibility index (Phi) is 5.54. The first-order valence-corrected chi connectivity index (χ1v) is 8.58. The number of aliphatic hydroxyl groups is 1. The fraction of sp³-hybridized carbons (Fsp3) is 0.125. The van der Waals surface area contributed by atoms with E-state index in [0.29, 0.717) is 21.5 Å². The SMILES string of the molecule is O=C(Nc1nncs1)c1ccc(NC(CO)c2ccc(Cl)cc2)nc1. The highest BCUT2D eigenvalue weighted by atomic mass is 35.5. The van der Waals surface area contributed by atoms with Crippen molar-refractivity contribution in [1.82, 2.24) is 15.2 Å². The minimum atomic E-state index is -0.328. The number of nitrogens with one attached hydrogen (secondary N) is 2. The molecule has 0 radical (unpaired) electrons. The first-order valence-electron chi connectivity index (χ1n) is 7.32. The zero-order chi connectivity index (χ0) is 17.6. The highest BCUT2D eigenvalue weighted by Crippen LogP contribution is 2.20. The number of amides is 1. The molecule has 25 heavy (non-hydrogen) atoms. The largest absolute Gasteiger partial charge is 0.394 e. The number of rotatable bonds is 6. The second-order valence-corrected chi connectivity index (χ2v) is 6.33. The van der Waals surface area contributed by atoms with Crippen LogP contribution in [-0.2, 0) is 0 Å². The summed E-state index contributed by atoms with van der Waals surface area (Å²) in [5.74, 6) is 0.230. The molecule has 0 fully saturated rings. The Hall–Kier alpha value is -2.55. The molecule has 3 aromatic rings. The minimum absolute atomic E-state index is 0.109. The number of hydrogen-bond donors (Lipinski definition) is 3. The lowest BCUT2D eigenvalue weighted by Crippen LogP contribution is -2.16. The van der Waals surface area contributed by atoms with Crippen molar-refractivity contribution in [2.24, 2.45) is 0 Å². The quantitative estimate of drug-likeness (QED) is 0.612. The smallest absolute Gasteiger partial charge is 0.259 e. The molecule has 2 heterocycles. The molecule has 1 amide bonds. The topological polar surface area (TPSA) is 100 Å². The van der Waals surface area contributed by atoms with Crippen molar-refractivity contribution in [3.8, 4) is 0 Å². The van der Waals surface area contributed by atoms with Gasteiger partial charge in [0.25, 0.3) is 5.91 Å². The fourth-order valence-electron chi connectivity index (χ4n) is 2.12. The zero-order valence-electron chi connectivity index (χ0n) is 12.9. The van der Waals surface area contributed by atoms with Gasteiger partial charge in [0.2, 0.25) is 5.13 Å². The third kappa shape index (κ3) is 4.50. The van der Waals surface area contributed by atoms with Gasteiger partial charge in [-0.05, 0) is 29.8 Å². The molecule has 9 heteroatoms. The maximum atomic E-state index is 12.1. The summed E-state index contributed by atoms with van der Waals surface area (Å²) in [7, 11) is 0. The molecule has 128 valence electrons. The molecule has 0 aliphatic carbocycles. The Labute approximate surface area is 152 Å². The summed E-state index contributed by atoms with van der Waals surface area (Å²) in [4.78, 5) is 16.3. The van der Waals surface area contributed by atoms with Crippen LogP contribution in [0.4, 0.5) is 10.9 Å². The van der Waals surface area contributed by atoms with Crippen LogP contribution in [0.3, 0.4) is 0 Å². The maximum absolute atomic E-state index is 12.1.